The molecule has 1 atom stereocenters. The Morgan fingerprint density at radius 3 is 2.42 bits per heavy atom. The third kappa shape index (κ3) is 12.0. The number of nitrogens with zero attached hydrogens (tertiary/aromatic N) is 1. The van der Waals surface area contributed by atoms with Crippen LogP contribution in [0, 0.1) is 5.92 Å². The number of carboxylic acids is 1. The molecule has 1 aromatic rings. The molecule has 1 aliphatic carbocycles. The van der Waals surface area contributed by atoms with Crippen molar-refractivity contribution in [2.24, 2.45) is 5.92 Å². The lowest BCUT2D eigenvalue weighted by Gasteiger charge is -2.25. The molecule has 0 aromatic heterocycles. The van der Waals surface area contributed by atoms with E-state index in [0.29, 0.717) is 18.9 Å². The molecule has 2 amide bonds. The number of rotatable bonds is 15. The van der Waals surface area contributed by atoms with E-state index in [2.05, 4.69) is 0 Å². The Kier molecular flexibility index (Phi) is 12.9. The zero-order valence-corrected chi connectivity index (χ0v) is 21.0. The van der Waals surface area contributed by atoms with Gasteiger partial charge < -0.3 is 24.8 Å². The molecule has 36 heavy (non-hydrogen) atoms. The van der Waals surface area contributed by atoms with E-state index in [1.165, 1.54) is 37.0 Å². The zero-order chi connectivity index (χ0) is 26.4. The number of carbonyl (C=O) groups is 2. The fourth-order valence-corrected chi connectivity index (χ4v) is 4.44. The molecule has 1 unspecified atom stereocenters. The van der Waals surface area contributed by atoms with Crippen molar-refractivity contribution in [3.63, 3.8) is 0 Å². The lowest BCUT2D eigenvalue weighted by molar-refractivity contribution is -0.150. The highest BCUT2D eigenvalue weighted by Crippen LogP contribution is 2.27. The number of amides is 2. The minimum atomic E-state index is -4.47. The van der Waals surface area contributed by atoms with Crippen molar-refractivity contribution in [3.05, 3.63) is 29.8 Å². The minimum absolute atomic E-state index is 0.123. The molecule has 0 saturated heterocycles. The van der Waals surface area contributed by atoms with Gasteiger partial charge >= 0.3 is 18.2 Å². The number of aliphatic carboxylic acids is 1. The average molecular weight is 517 g/mol. The van der Waals surface area contributed by atoms with Crippen LogP contribution in [0.3, 0.4) is 0 Å². The normalized spacial score (nSPS) is 15.3. The van der Waals surface area contributed by atoms with Crippen LogP contribution in [0.25, 0.3) is 0 Å². The van der Waals surface area contributed by atoms with Crippen molar-refractivity contribution < 1.29 is 37.3 Å². The molecule has 1 aromatic carbocycles. The van der Waals surface area contributed by atoms with Crippen molar-refractivity contribution in [2.75, 3.05) is 32.8 Å². The first kappa shape index (κ1) is 29.7. The summed E-state index contributed by atoms with van der Waals surface area (Å²) in [6.45, 7) is 1.30. The molecule has 204 valence electrons. The van der Waals surface area contributed by atoms with Crippen LogP contribution in [-0.4, -0.2) is 67.1 Å². The number of urea groups is 1. The van der Waals surface area contributed by atoms with Crippen LogP contribution >= 0.6 is 0 Å². The van der Waals surface area contributed by atoms with Gasteiger partial charge in [0.05, 0.1) is 6.54 Å². The van der Waals surface area contributed by atoms with Crippen molar-refractivity contribution in [3.8, 4) is 5.75 Å². The van der Waals surface area contributed by atoms with E-state index in [-0.39, 0.29) is 19.6 Å². The third-order valence-corrected chi connectivity index (χ3v) is 6.36. The summed E-state index contributed by atoms with van der Waals surface area (Å²) in [6.07, 6.45) is 3.89. The lowest BCUT2D eigenvalue weighted by Crippen LogP contribution is -2.45. The number of carboxylic acid groups (broad SMARTS) is 1. The molecule has 2 rings (SSSR count). The van der Waals surface area contributed by atoms with Gasteiger partial charge in [0, 0.05) is 19.6 Å². The molecule has 7 nitrogen and oxygen atoms in total. The zero-order valence-electron chi connectivity index (χ0n) is 21.0. The predicted octanol–water partition coefficient (Wildman–Crippen LogP) is 5.42. The fraction of sp³-hybridized carbons (Fsp3) is 0.692. The number of unbranched alkanes of at least 4 members (excludes halogenated alkanes) is 1. The maximum atomic E-state index is 12.6. The van der Waals surface area contributed by atoms with Gasteiger partial charge in [0.15, 0.2) is 6.10 Å². The van der Waals surface area contributed by atoms with Gasteiger partial charge in [-0.15, -0.1) is 0 Å². The summed E-state index contributed by atoms with van der Waals surface area (Å²) in [5, 5.41) is 11.2. The molecule has 10 heteroatoms. The van der Waals surface area contributed by atoms with Crippen molar-refractivity contribution in [1.82, 2.24) is 10.2 Å². The molecule has 0 spiro atoms. The summed E-state index contributed by atoms with van der Waals surface area (Å²) in [6, 6.07) is 6.11. The van der Waals surface area contributed by atoms with Crippen molar-refractivity contribution >= 4 is 12.0 Å². The highest BCUT2D eigenvalue weighted by molar-refractivity contribution is 5.74. The van der Waals surface area contributed by atoms with Gasteiger partial charge in [-0.1, -0.05) is 57.1 Å². The quantitative estimate of drug-likeness (QED) is 0.304. The van der Waals surface area contributed by atoms with E-state index in [1.54, 1.807) is 31.2 Å². The highest BCUT2D eigenvalue weighted by Gasteiger charge is 2.29. The third-order valence-electron chi connectivity index (χ3n) is 6.36. The number of benzene rings is 1. The topological polar surface area (TPSA) is 88.1 Å². The summed E-state index contributed by atoms with van der Waals surface area (Å²) in [5.74, 6) is 0.215. The van der Waals surface area contributed by atoms with Crippen LogP contribution in [0.4, 0.5) is 18.0 Å². The molecule has 0 bridgehead atoms. The van der Waals surface area contributed by atoms with Gasteiger partial charge in [-0.05, 0) is 37.0 Å². The van der Waals surface area contributed by atoms with Crippen LogP contribution in [-0.2, 0) is 16.0 Å². The Balaban J connectivity index is 1.82. The second-order valence-corrected chi connectivity index (χ2v) is 9.24. The van der Waals surface area contributed by atoms with Gasteiger partial charge in [0.2, 0.25) is 0 Å². The Labute approximate surface area is 211 Å². The molecule has 0 radical (unpaired) electrons. The largest absolute Gasteiger partial charge is 0.492 e. The standard InChI is InChI=1S/C26H39F3N2O5/c1-2-35-23(24(32)33)18-21-11-13-22(14-12-21)36-17-16-31(25(34)30-19-26(27,28)29)15-7-6-10-20-8-4-3-5-9-20/h11-14,20,23H,2-10,15-19H2,1H3,(H,30,34)(H,32,33). The lowest BCUT2D eigenvalue weighted by atomic mass is 9.86. The molecule has 2 N–H and O–H groups in total. The molecule has 0 aliphatic heterocycles. The van der Waals surface area contributed by atoms with Gasteiger partial charge in [0.1, 0.15) is 18.9 Å². The first-order valence-electron chi connectivity index (χ1n) is 12.8. The smallest absolute Gasteiger partial charge is 0.405 e. The van der Waals surface area contributed by atoms with E-state index < -0.39 is 30.8 Å². The molecule has 1 saturated carbocycles. The molecular weight excluding hydrogens is 477 g/mol. The molecule has 1 aliphatic rings. The van der Waals surface area contributed by atoms with Crippen LogP contribution in [0.15, 0.2) is 24.3 Å². The summed E-state index contributed by atoms with van der Waals surface area (Å²) in [5.41, 5.74) is 0.773. The summed E-state index contributed by atoms with van der Waals surface area (Å²) in [7, 11) is 0. The molecule has 1 fully saturated rings. The maximum Gasteiger partial charge on any atom is 0.405 e. The number of alkyl halides is 3. The second kappa shape index (κ2) is 15.6. The number of halogens is 3. The van der Waals surface area contributed by atoms with Crippen molar-refractivity contribution in [1.29, 1.82) is 0 Å². The van der Waals surface area contributed by atoms with E-state index in [4.69, 9.17) is 9.47 Å². The van der Waals surface area contributed by atoms with Gasteiger partial charge in [-0.2, -0.15) is 13.2 Å². The first-order chi connectivity index (χ1) is 17.2. The van der Waals surface area contributed by atoms with E-state index in [9.17, 15) is 27.9 Å². The Bertz CT molecular complexity index is 783. The second-order valence-electron chi connectivity index (χ2n) is 9.24. The molecule has 0 heterocycles. The Morgan fingerprint density at radius 1 is 1.11 bits per heavy atom. The Morgan fingerprint density at radius 2 is 1.81 bits per heavy atom. The number of ether oxygens (including phenoxy) is 2. The first-order valence-corrected chi connectivity index (χ1v) is 12.8. The van der Waals surface area contributed by atoms with Crippen LogP contribution in [0.2, 0.25) is 0 Å². The average Bonchev–Trinajstić information content (AvgIpc) is 2.84. The summed E-state index contributed by atoms with van der Waals surface area (Å²) < 4.78 is 48.6. The van der Waals surface area contributed by atoms with Crippen molar-refractivity contribution in [2.45, 2.75) is 77.0 Å². The van der Waals surface area contributed by atoms with Crippen LogP contribution in [0.5, 0.6) is 5.75 Å². The SMILES string of the molecule is CCOC(Cc1ccc(OCCN(CCCCC2CCCCC2)C(=O)NCC(F)(F)F)cc1)C(=O)O. The number of nitrogens with one attached hydrogen (secondary N) is 1. The van der Waals surface area contributed by atoms with Crippen LogP contribution < -0.4 is 10.1 Å². The predicted molar refractivity (Wildman–Crippen MR) is 130 cm³/mol. The molecular formula is C26H39F3N2O5. The van der Waals surface area contributed by atoms with E-state index in [0.717, 1.165) is 30.7 Å². The van der Waals surface area contributed by atoms with Crippen LogP contribution in [0.1, 0.15) is 63.9 Å². The van der Waals surface area contributed by atoms with Gasteiger partial charge in [-0.25, -0.2) is 9.59 Å². The van der Waals surface area contributed by atoms with E-state index >= 15 is 0 Å². The Hall–Kier alpha value is -2.49. The number of carbonyl (C=O) groups excluding carboxylic acids is 1. The van der Waals surface area contributed by atoms with Gasteiger partial charge in [0.25, 0.3) is 0 Å². The summed E-state index contributed by atoms with van der Waals surface area (Å²) >= 11 is 0. The number of hydrogen-bond donors (Lipinski definition) is 2. The van der Waals surface area contributed by atoms with E-state index in [1.807, 2.05) is 5.32 Å². The maximum absolute atomic E-state index is 12.6. The number of hydrogen-bond acceptors (Lipinski definition) is 4. The van der Waals surface area contributed by atoms with Gasteiger partial charge in [-0.3, -0.25) is 0 Å². The highest BCUT2D eigenvalue weighted by atomic mass is 19.4. The summed E-state index contributed by atoms with van der Waals surface area (Å²) in [4.78, 5) is 25.0. The fourth-order valence-electron chi connectivity index (χ4n) is 4.44. The minimum Gasteiger partial charge on any atom is -0.492 e. The monoisotopic (exact) mass is 516 g/mol.